The molecule has 1 aromatic carbocycles. The van der Waals surface area contributed by atoms with Crippen LogP contribution in [0, 0.1) is 11.3 Å². The van der Waals surface area contributed by atoms with Crippen LogP contribution in [0.15, 0.2) is 24.3 Å². The minimum Gasteiger partial charge on any atom is -0.353 e. The Morgan fingerprint density at radius 2 is 2.00 bits per heavy atom. The number of alkyl halides is 1. The van der Waals surface area contributed by atoms with Gasteiger partial charge in [0.2, 0.25) is 0 Å². The minimum atomic E-state index is -0.344. The largest absolute Gasteiger partial charge is 0.353 e. The maximum absolute atomic E-state index is 12.2. The number of carbonyl (C=O) groups excluding carboxylic acids is 1. The molecule has 0 saturated carbocycles. The molecule has 2 rings (SSSR count). The molecule has 0 radical (unpaired) electrons. The zero-order chi connectivity index (χ0) is 13.7. The maximum Gasteiger partial charge on any atom is 0.176 e. The van der Waals surface area contributed by atoms with E-state index in [1.807, 2.05) is 6.07 Å². The number of Topliss-reactive ketones (excluding diaryl/α,β-unsaturated/α-hetero) is 1. The topological polar surface area (TPSA) is 59.3 Å². The van der Waals surface area contributed by atoms with E-state index in [-0.39, 0.29) is 16.9 Å². The van der Waals surface area contributed by atoms with Crippen LogP contribution in [0.25, 0.3) is 0 Å². The number of halogens is 1. The maximum atomic E-state index is 12.2. The second-order valence-electron chi connectivity index (χ2n) is 4.28. The van der Waals surface area contributed by atoms with Gasteiger partial charge in [-0.3, -0.25) is 4.79 Å². The Bertz CT molecular complexity index is 474. The Kier molecular flexibility index (Phi) is 5.08. The number of nitriles is 1. The molecule has 0 aromatic heterocycles. The fourth-order valence-electron chi connectivity index (χ4n) is 1.84. The van der Waals surface area contributed by atoms with Crippen molar-refractivity contribution in [2.75, 3.05) is 13.2 Å². The summed E-state index contributed by atoms with van der Waals surface area (Å²) in [5.74, 6) is -0.0257. The third kappa shape index (κ3) is 3.87. The molecule has 1 heterocycles. The van der Waals surface area contributed by atoms with Gasteiger partial charge in [-0.05, 0) is 18.6 Å². The van der Waals surface area contributed by atoms with Crippen LogP contribution in [-0.2, 0) is 9.47 Å². The molecule has 4 nitrogen and oxygen atoms in total. The molecule has 1 aromatic rings. The van der Waals surface area contributed by atoms with Gasteiger partial charge in [0.25, 0.3) is 0 Å². The molecule has 0 bridgehead atoms. The molecule has 1 saturated heterocycles. The van der Waals surface area contributed by atoms with Gasteiger partial charge < -0.3 is 9.47 Å². The van der Waals surface area contributed by atoms with Crippen LogP contribution in [-0.4, -0.2) is 30.1 Å². The number of ketones is 1. The predicted molar refractivity (Wildman–Crippen MR) is 73.1 cm³/mol. The van der Waals surface area contributed by atoms with Crippen molar-refractivity contribution in [3.8, 4) is 6.07 Å². The van der Waals surface area contributed by atoms with E-state index in [1.54, 1.807) is 24.3 Å². The predicted octanol–water partition coefficient (Wildman–Crippen LogP) is 2.66. The van der Waals surface area contributed by atoms with E-state index in [0.29, 0.717) is 30.8 Å². The van der Waals surface area contributed by atoms with E-state index in [1.165, 1.54) is 0 Å². The van der Waals surface area contributed by atoms with E-state index < -0.39 is 0 Å². The van der Waals surface area contributed by atoms with Gasteiger partial charge in [-0.15, -0.1) is 0 Å². The SMILES string of the molecule is N#Cc1ccc(C(=O)C(Br)CC2OCCCO2)cc1. The summed E-state index contributed by atoms with van der Waals surface area (Å²) < 4.78 is 10.8. The van der Waals surface area contributed by atoms with Crippen LogP contribution in [0.2, 0.25) is 0 Å². The first-order valence-corrected chi connectivity index (χ1v) is 7.04. The fourth-order valence-corrected chi connectivity index (χ4v) is 2.41. The van der Waals surface area contributed by atoms with Gasteiger partial charge in [-0.2, -0.15) is 5.26 Å². The standard InChI is InChI=1S/C14H14BrNO3/c15-12(8-13-18-6-1-7-19-13)14(17)11-4-2-10(9-16)3-5-11/h2-5,12-13H,1,6-8H2. The van der Waals surface area contributed by atoms with Gasteiger partial charge in [-0.25, -0.2) is 0 Å². The Hall–Kier alpha value is -1.22. The summed E-state index contributed by atoms with van der Waals surface area (Å²) in [5.41, 5.74) is 1.12. The quantitative estimate of drug-likeness (QED) is 0.631. The lowest BCUT2D eigenvalue weighted by Gasteiger charge is -2.24. The summed E-state index contributed by atoms with van der Waals surface area (Å²) in [4.78, 5) is 11.8. The Morgan fingerprint density at radius 1 is 1.37 bits per heavy atom. The highest BCUT2D eigenvalue weighted by molar-refractivity contribution is 9.10. The Labute approximate surface area is 120 Å². The number of nitrogens with zero attached hydrogens (tertiary/aromatic N) is 1. The van der Waals surface area contributed by atoms with Crippen LogP contribution in [0.4, 0.5) is 0 Å². The summed E-state index contributed by atoms with van der Waals surface area (Å²) in [6.45, 7) is 1.35. The number of hydrogen-bond donors (Lipinski definition) is 0. The van der Waals surface area contributed by atoms with Crippen molar-refractivity contribution < 1.29 is 14.3 Å². The van der Waals surface area contributed by atoms with Crippen molar-refractivity contribution in [3.63, 3.8) is 0 Å². The van der Waals surface area contributed by atoms with Crippen LogP contribution in [0.5, 0.6) is 0 Å². The van der Waals surface area contributed by atoms with E-state index >= 15 is 0 Å². The average molecular weight is 324 g/mol. The summed E-state index contributed by atoms with van der Waals surface area (Å²) in [5, 5.41) is 8.72. The monoisotopic (exact) mass is 323 g/mol. The molecule has 1 fully saturated rings. The van der Waals surface area contributed by atoms with Gasteiger partial charge >= 0.3 is 0 Å². The van der Waals surface area contributed by atoms with Gasteiger partial charge in [0.05, 0.1) is 29.7 Å². The average Bonchev–Trinajstić information content (AvgIpc) is 2.47. The molecule has 1 aliphatic rings. The highest BCUT2D eigenvalue weighted by atomic mass is 79.9. The van der Waals surface area contributed by atoms with Crippen molar-refractivity contribution in [1.82, 2.24) is 0 Å². The van der Waals surface area contributed by atoms with Gasteiger partial charge in [-0.1, -0.05) is 28.1 Å². The van der Waals surface area contributed by atoms with Crippen LogP contribution in [0.1, 0.15) is 28.8 Å². The van der Waals surface area contributed by atoms with Gasteiger partial charge in [0.15, 0.2) is 12.1 Å². The Balaban J connectivity index is 1.95. The molecule has 0 N–H and O–H groups in total. The summed E-state index contributed by atoms with van der Waals surface area (Å²) in [6, 6.07) is 8.63. The highest BCUT2D eigenvalue weighted by Crippen LogP contribution is 2.19. The van der Waals surface area contributed by atoms with Crippen molar-refractivity contribution in [3.05, 3.63) is 35.4 Å². The number of rotatable bonds is 4. The smallest absolute Gasteiger partial charge is 0.176 e. The van der Waals surface area contributed by atoms with Crippen molar-refractivity contribution >= 4 is 21.7 Å². The first-order valence-electron chi connectivity index (χ1n) is 6.12. The molecular formula is C14H14BrNO3. The number of benzene rings is 1. The zero-order valence-electron chi connectivity index (χ0n) is 10.3. The Morgan fingerprint density at radius 3 is 2.58 bits per heavy atom. The molecule has 0 spiro atoms. The van der Waals surface area contributed by atoms with Crippen LogP contribution >= 0.6 is 15.9 Å². The molecule has 5 heteroatoms. The number of carbonyl (C=O) groups is 1. The van der Waals surface area contributed by atoms with Crippen LogP contribution in [0.3, 0.4) is 0 Å². The van der Waals surface area contributed by atoms with E-state index in [2.05, 4.69) is 15.9 Å². The summed E-state index contributed by atoms with van der Waals surface area (Å²) >= 11 is 3.38. The fraction of sp³-hybridized carbons (Fsp3) is 0.429. The summed E-state index contributed by atoms with van der Waals surface area (Å²) in [7, 11) is 0. The molecule has 0 aliphatic carbocycles. The molecule has 1 atom stereocenters. The van der Waals surface area contributed by atoms with Gasteiger partial charge in [0.1, 0.15) is 0 Å². The molecule has 0 amide bonds. The lowest BCUT2D eigenvalue weighted by atomic mass is 10.0. The van der Waals surface area contributed by atoms with E-state index in [4.69, 9.17) is 14.7 Å². The van der Waals surface area contributed by atoms with Gasteiger partial charge in [0, 0.05) is 12.0 Å². The number of hydrogen-bond acceptors (Lipinski definition) is 4. The minimum absolute atomic E-state index is 0.0257. The molecule has 1 unspecified atom stereocenters. The van der Waals surface area contributed by atoms with Crippen molar-refractivity contribution in [2.24, 2.45) is 0 Å². The van der Waals surface area contributed by atoms with Crippen molar-refractivity contribution in [2.45, 2.75) is 24.0 Å². The van der Waals surface area contributed by atoms with E-state index in [0.717, 1.165) is 6.42 Å². The number of ether oxygens (including phenoxy) is 2. The molecule has 1 aliphatic heterocycles. The zero-order valence-corrected chi connectivity index (χ0v) is 11.9. The second kappa shape index (κ2) is 6.80. The lowest BCUT2D eigenvalue weighted by Crippen LogP contribution is -2.30. The normalized spacial score (nSPS) is 17.7. The first-order chi connectivity index (χ1) is 9.20. The van der Waals surface area contributed by atoms with E-state index in [9.17, 15) is 4.79 Å². The van der Waals surface area contributed by atoms with Crippen LogP contribution < -0.4 is 0 Å². The first kappa shape index (κ1) is 14.2. The second-order valence-corrected chi connectivity index (χ2v) is 5.39. The summed E-state index contributed by atoms with van der Waals surface area (Å²) in [6.07, 6.45) is 1.06. The highest BCUT2D eigenvalue weighted by Gasteiger charge is 2.24. The third-order valence-corrected chi connectivity index (χ3v) is 3.67. The molecule has 100 valence electrons. The lowest BCUT2D eigenvalue weighted by molar-refractivity contribution is -0.179. The third-order valence-electron chi connectivity index (χ3n) is 2.88. The molecular weight excluding hydrogens is 310 g/mol. The van der Waals surface area contributed by atoms with Crippen molar-refractivity contribution in [1.29, 1.82) is 5.26 Å². The molecule has 19 heavy (non-hydrogen) atoms.